The first-order chi connectivity index (χ1) is 10.6. The van der Waals surface area contributed by atoms with Crippen molar-refractivity contribution in [3.63, 3.8) is 0 Å². The van der Waals surface area contributed by atoms with Gasteiger partial charge in [-0.25, -0.2) is 4.39 Å². The summed E-state index contributed by atoms with van der Waals surface area (Å²) in [5.41, 5.74) is 2.03. The van der Waals surface area contributed by atoms with Gasteiger partial charge in [-0.05, 0) is 43.1 Å². The molecule has 2 aromatic carbocycles. The van der Waals surface area contributed by atoms with Gasteiger partial charge in [0.1, 0.15) is 5.82 Å². The Morgan fingerprint density at radius 3 is 2.27 bits per heavy atom. The van der Waals surface area contributed by atoms with Crippen molar-refractivity contribution in [3.8, 4) is 0 Å². The lowest BCUT2D eigenvalue weighted by atomic mass is 9.99. The molecule has 0 aliphatic carbocycles. The summed E-state index contributed by atoms with van der Waals surface area (Å²) in [5.74, 6) is -0.274. The smallest absolute Gasteiger partial charge is 0.123 e. The van der Waals surface area contributed by atoms with Crippen molar-refractivity contribution < 1.29 is 9.50 Å². The molecule has 2 atom stereocenters. The normalized spacial score (nSPS) is 14.0. The summed E-state index contributed by atoms with van der Waals surface area (Å²) in [6.07, 6.45) is 1.04. The Hall–Kier alpha value is -1.71. The van der Waals surface area contributed by atoms with Crippen LogP contribution >= 0.6 is 0 Å². The molecule has 2 nitrogen and oxygen atoms in total. The van der Waals surface area contributed by atoms with Crippen molar-refractivity contribution in [2.24, 2.45) is 0 Å². The van der Waals surface area contributed by atoms with Gasteiger partial charge >= 0.3 is 0 Å². The molecule has 0 saturated heterocycles. The summed E-state index contributed by atoms with van der Waals surface area (Å²) in [6.45, 7) is 2.99. The zero-order chi connectivity index (χ0) is 15.9. The molecule has 118 valence electrons. The second-order valence-corrected chi connectivity index (χ2v) is 5.77. The number of hydrogen-bond acceptors (Lipinski definition) is 2. The molecule has 0 fully saturated rings. The SMILES string of the molecule is CCC(CC(O)c1ccc(F)cc1)N(C)Cc1ccccc1. The van der Waals surface area contributed by atoms with Crippen LogP contribution in [0.2, 0.25) is 0 Å². The van der Waals surface area contributed by atoms with Crippen LogP contribution in [0.25, 0.3) is 0 Å². The number of rotatable bonds is 7. The Morgan fingerprint density at radius 2 is 1.68 bits per heavy atom. The molecule has 2 unspecified atom stereocenters. The summed E-state index contributed by atoms with van der Waals surface area (Å²) in [5, 5.41) is 10.4. The average molecular weight is 301 g/mol. The van der Waals surface area contributed by atoms with Crippen molar-refractivity contribution >= 4 is 0 Å². The molecule has 0 heterocycles. The quantitative estimate of drug-likeness (QED) is 0.830. The van der Waals surface area contributed by atoms with E-state index in [1.807, 2.05) is 18.2 Å². The molecule has 0 saturated carbocycles. The summed E-state index contributed by atoms with van der Waals surface area (Å²) >= 11 is 0. The average Bonchev–Trinajstić information content (AvgIpc) is 2.53. The van der Waals surface area contributed by atoms with Crippen molar-refractivity contribution in [2.45, 2.75) is 38.5 Å². The van der Waals surface area contributed by atoms with Crippen molar-refractivity contribution in [3.05, 3.63) is 71.5 Å². The van der Waals surface area contributed by atoms with Crippen LogP contribution in [0.4, 0.5) is 4.39 Å². The van der Waals surface area contributed by atoms with Crippen molar-refractivity contribution in [1.82, 2.24) is 4.90 Å². The van der Waals surface area contributed by atoms with Gasteiger partial charge in [-0.1, -0.05) is 49.4 Å². The van der Waals surface area contributed by atoms with Gasteiger partial charge in [-0.2, -0.15) is 0 Å². The Morgan fingerprint density at radius 1 is 1.05 bits per heavy atom. The van der Waals surface area contributed by atoms with Crippen LogP contribution < -0.4 is 0 Å². The lowest BCUT2D eigenvalue weighted by Crippen LogP contribution is -2.32. The van der Waals surface area contributed by atoms with Gasteiger partial charge in [0.15, 0.2) is 0 Å². The van der Waals surface area contributed by atoms with Gasteiger partial charge in [0.2, 0.25) is 0 Å². The Kier molecular flexibility index (Phi) is 6.10. The van der Waals surface area contributed by atoms with Crippen LogP contribution in [-0.2, 0) is 6.54 Å². The van der Waals surface area contributed by atoms with Gasteiger partial charge in [0.25, 0.3) is 0 Å². The molecule has 3 heteroatoms. The number of hydrogen-bond donors (Lipinski definition) is 1. The van der Waals surface area contributed by atoms with Crippen LogP contribution in [-0.4, -0.2) is 23.1 Å². The van der Waals surface area contributed by atoms with E-state index in [-0.39, 0.29) is 11.9 Å². The minimum Gasteiger partial charge on any atom is -0.388 e. The van der Waals surface area contributed by atoms with Crippen LogP contribution in [0.5, 0.6) is 0 Å². The Balaban J connectivity index is 1.97. The van der Waals surface area contributed by atoms with Crippen LogP contribution in [0.3, 0.4) is 0 Å². The zero-order valence-electron chi connectivity index (χ0n) is 13.2. The molecule has 0 aromatic heterocycles. The monoisotopic (exact) mass is 301 g/mol. The molecule has 0 amide bonds. The summed E-state index contributed by atoms with van der Waals surface area (Å²) in [7, 11) is 2.08. The Labute approximate surface area is 132 Å². The Bertz CT molecular complexity index is 555. The second-order valence-electron chi connectivity index (χ2n) is 5.77. The highest BCUT2D eigenvalue weighted by atomic mass is 19.1. The molecular weight excluding hydrogens is 277 g/mol. The third-order valence-electron chi connectivity index (χ3n) is 4.12. The number of aliphatic hydroxyl groups is 1. The number of aliphatic hydroxyl groups excluding tert-OH is 1. The highest BCUT2D eigenvalue weighted by Crippen LogP contribution is 2.23. The van der Waals surface area contributed by atoms with Crippen LogP contribution in [0, 0.1) is 5.82 Å². The van der Waals surface area contributed by atoms with Gasteiger partial charge < -0.3 is 5.11 Å². The van der Waals surface area contributed by atoms with E-state index in [2.05, 4.69) is 31.0 Å². The highest BCUT2D eigenvalue weighted by Gasteiger charge is 2.18. The van der Waals surface area contributed by atoms with Gasteiger partial charge in [-0.15, -0.1) is 0 Å². The van der Waals surface area contributed by atoms with Crippen molar-refractivity contribution in [2.75, 3.05) is 7.05 Å². The summed E-state index contributed by atoms with van der Waals surface area (Å²) < 4.78 is 13.0. The fourth-order valence-electron chi connectivity index (χ4n) is 2.74. The second kappa shape index (κ2) is 8.06. The fourth-order valence-corrected chi connectivity index (χ4v) is 2.74. The number of nitrogens with zero attached hydrogens (tertiary/aromatic N) is 1. The number of benzene rings is 2. The fraction of sp³-hybridized carbons (Fsp3) is 0.368. The van der Waals surface area contributed by atoms with E-state index in [0.29, 0.717) is 6.42 Å². The summed E-state index contributed by atoms with van der Waals surface area (Å²) in [6, 6.07) is 16.7. The van der Waals surface area contributed by atoms with E-state index >= 15 is 0 Å². The lowest BCUT2D eigenvalue weighted by Gasteiger charge is -2.29. The first-order valence-corrected chi connectivity index (χ1v) is 7.77. The van der Waals surface area contributed by atoms with E-state index in [1.54, 1.807) is 12.1 Å². The van der Waals surface area contributed by atoms with Gasteiger partial charge in [0.05, 0.1) is 6.10 Å². The standard InChI is InChI=1S/C19H24FNO/c1-3-18(21(2)14-15-7-5-4-6-8-15)13-19(22)16-9-11-17(20)12-10-16/h4-12,18-19,22H,3,13-14H2,1-2H3. The van der Waals surface area contributed by atoms with E-state index in [0.717, 1.165) is 18.5 Å². The molecule has 0 bridgehead atoms. The molecule has 0 aliphatic rings. The first-order valence-electron chi connectivity index (χ1n) is 7.77. The molecule has 0 radical (unpaired) electrons. The first kappa shape index (κ1) is 16.7. The zero-order valence-corrected chi connectivity index (χ0v) is 13.2. The predicted octanol–water partition coefficient (Wildman–Crippen LogP) is 4.16. The van der Waals surface area contributed by atoms with Crippen LogP contribution in [0.1, 0.15) is 37.0 Å². The minimum atomic E-state index is -0.566. The number of halogens is 1. The minimum absolute atomic E-state index is 0.274. The van der Waals surface area contributed by atoms with Crippen molar-refractivity contribution in [1.29, 1.82) is 0 Å². The van der Waals surface area contributed by atoms with Crippen LogP contribution in [0.15, 0.2) is 54.6 Å². The molecule has 2 rings (SSSR count). The molecule has 0 aliphatic heterocycles. The largest absolute Gasteiger partial charge is 0.388 e. The third-order valence-corrected chi connectivity index (χ3v) is 4.12. The summed E-state index contributed by atoms with van der Waals surface area (Å²) in [4.78, 5) is 2.27. The van der Waals surface area contributed by atoms with E-state index in [9.17, 15) is 9.50 Å². The molecule has 0 spiro atoms. The van der Waals surface area contributed by atoms with E-state index in [4.69, 9.17) is 0 Å². The molecule has 1 N–H and O–H groups in total. The third kappa shape index (κ3) is 4.65. The van der Waals surface area contributed by atoms with Gasteiger partial charge in [-0.3, -0.25) is 4.90 Å². The maximum absolute atomic E-state index is 13.0. The molecule has 2 aromatic rings. The maximum Gasteiger partial charge on any atom is 0.123 e. The van der Waals surface area contributed by atoms with E-state index in [1.165, 1.54) is 17.7 Å². The van der Waals surface area contributed by atoms with Gasteiger partial charge in [0, 0.05) is 12.6 Å². The molecule has 22 heavy (non-hydrogen) atoms. The lowest BCUT2D eigenvalue weighted by molar-refractivity contribution is 0.109. The predicted molar refractivity (Wildman–Crippen MR) is 88.0 cm³/mol. The maximum atomic E-state index is 13.0. The topological polar surface area (TPSA) is 23.5 Å². The van der Waals surface area contributed by atoms with E-state index < -0.39 is 6.10 Å². The highest BCUT2D eigenvalue weighted by molar-refractivity contribution is 5.19. The molecular formula is C19H24FNO.